The van der Waals surface area contributed by atoms with Crippen molar-refractivity contribution < 1.29 is 4.79 Å². The smallest absolute Gasteiger partial charge is 0.252 e. The molecule has 0 spiro atoms. The third kappa shape index (κ3) is 2.04. The van der Waals surface area contributed by atoms with Gasteiger partial charge in [0.25, 0.3) is 5.91 Å². The highest BCUT2D eigenvalue weighted by Gasteiger charge is 2.16. The summed E-state index contributed by atoms with van der Waals surface area (Å²) in [6, 6.07) is 14.0. The van der Waals surface area contributed by atoms with Crippen molar-refractivity contribution in [3.05, 3.63) is 53.6 Å². The summed E-state index contributed by atoms with van der Waals surface area (Å²) in [6.45, 7) is 2.20. The first-order chi connectivity index (χ1) is 10.3. The van der Waals surface area contributed by atoms with Crippen LogP contribution in [0.5, 0.6) is 0 Å². The summed E-state index contributed by atoms with van der Waals surface area (Å²) >= 11 is 0. The SMILES string of the molecule is O=C1NCCNCc2ccc3nc4ccccc4c1c3c2. The second kappa shape index (κ2) is 4.82. The van der Waals surface area contributed by atoms with E-state index in [4.69, 9.17) is 0 Å². The maximum atomic E-state index is 12.6. The number of para-hydroxylation sites is 1. The molecule has 1 aliphatic heterocycles. The molecule has 0 aliphatic carbocycles. The van der Waals surface area contributed by atoms with Crippen molar-refractivity contribution in [3.63, 3.8) is 0 Å². The molecule has 2 N–H and O–H groups in total. The summed E-state index contributed by atoms with van der Waals surface area (Å²) in [5.41, 5.74) is 3.64. The summed E-state index contributed by atoms with van der Waals surface area (Å²) in [5, 5.41) is 8.14. The first-order valence-corrected chi connectivity index (χ1v) is 7.13. The van der Waals surface area contributed by atoms with Gasteiger partial charge in [-0.2, -0.15) is 0 Å². The fraction of sp³-hybridized carbons (Fsp3) is 0.176. The third-order valence-electron chi connectivity index (χ3n) is 3.89. The molecule has 1 aliphatic rings. The second-order valence-corrected chi connectivity index (χ2v) is 5.29. The lowest BCUT2D eigenvalue weighted by Crippen LogP contribution is -2.32. The largest absolute Gasteiger partial charge is 0.351 e. The highest BCUT2D eigenvalue weighted by Crippen LogP contribution is 2.27. The van der Waals surface area contributed by atoms with Crippen molar-refractivity contribution in [2.75, 3.05) is 13.1 Å². The van der Waals surface area contributed by atoms with Gasteiger partial charge in [-0.3, -0.25) is 4.79 Å². The molecule has 0 atom stereocenters. The van der Waals surface area contributed by atoms with Crippen molar-refractivity contribution in [1.29, 1.82) is 0 Å². The summed E-state index contributed by atoms with van der Waals surface area (Å²) in [7, 11) is 0. The number of hydrogen-bond donors (Lipinski definition) is 2. The first kappa shape index (κ1) is 12.3. The van der Waals surface area contributed by atoms with Crippen LogP contribution in [0.3, 0.4) is 0 Å². The Bertz CT molecular complexity index is 857. The minimum absolute atomic E-state index is 0.0283. The predicted molar refractivity (Wildman–Crippen MR) is 83.3 cm³/mol. The van der Waals surface area contributed by atoms with Crippen molar-refractivity contribution in [2.24, 2.45) is 0 Å². The lowest BCUT2D eigenvalue weighted by Gasteiger charge is -2.15. The molecular formula is C17H15N3O. The number of pyridine rings is 1. The number of amides is 1. The first-order valence-electron chi connectivity index (χ1n) is 7.13. The van der Waals surface area contributed by atoms with Crippen LogP contribution < -0.4 is 10.6 Å². The molecular weight excluding hydrogens is 262 g/mol. The second-order valence-electron chi connectivity index (χ2n) is 5.29. The van der Waals surface area contributed by atoms with Gasteiger partial charge >= 0.3 is 0 Å². The number of nitrogens with one attached hydrogen (secondary N) is 2. The minimum Gasteiger partial charge on any atom is -0.351 e. The Kier molecular flexibility index (Phi) is 2.82. The lowest BCUT2D eigenvalue weighted by atomic mass is 10.00. The van der Waals surface area contributed by atoms with Gasteiger partial charge in [0.2, 0.25) is 0 Å². The molecule has 0 saturated carbocycles. The topological polar surface area (TPSA) is 54.0 Å². The van der Waals surface area contributed by atoms with E-state index in [1.807, 2.05) is 30.3 Å². The van der Waals surface area contributed by atoms with E-state index in [2.05, 4.69) is 27.8 Å². The lowest BCUT2D eigenvalue weighted by molar-refractivity contribution is 0.0957. The number of rotatable bonds is 0. The molecule has 1 aromatic heterocycles. The average Bonchev–Trinajstić information content (AvgIpc) is 2.52. The molecule has 104 valence electrons. The van der Waals surface area contributed by atoms with E-state index in [9.17, 15) is 4.79 Å². The van der Waals surface area contributed by atoms with Gasteiger partial charge in [0.15, 0.2) is 0 Å². The molecule has 1 amide bonds. The van der Waals surface area contributed by atoms with Crippen molar-refractivity contribution in [3.8, 4) is 0 Å². The Hall–Kier alpha value is -2.46. The Labute approximate surface area is 122 Å². The fourth-order valence-corrected chi connectivity index (χ4v) is 2.88. The fourth-order valence-electron chi connectivity index (χ4n) is 2.88. The summed E-state index contributed by atoms with van der Waals surface area (Å²) in [5.74, 6) is -0.0283. The van der Waals surface area contributed by atoms with Crippen LogP contribution in [0.1, 0.15) is 15.9 Å². The van der Waals surface area contributed by atoms with Gasteiger partial charge < -0.3 is 10.6 Å². The van der Waals surface area contributed by atoms with E-state index in [0.717, 1.165) is 40.5 Å². The van der Waals surface area contributed by atoms with Crippen LogP contribution in [0.4, 0.5) is 0 Å². The molecule has 0 radical (unpaired) electrons. The van der Waals surface area contributed by atoms with Gasteiger partial charge in [-0.1, -0.05) is 24.3 Å². The molecule has 3 aromatic rings. The van der Waals surface area contributed by atoms with E-state index in [-0.39, 0.29) is 5.91 Å². The molecule has 0 saturated heterocycles. The molecule has 2 aromatic carbocycles. The molecule has 4 heteroatoms. The van der Waals surface area contributed by atoms with Gasteiger partial charge in [-0.05, 0) is 23.8 Å². The van der Waals surface area contributed by atoms with Crippen LogP contribution in [-0.2, 0) is 6.54 Å². The van der Waals surface area contributed by atoms with Crippen molar-refractivity contribution >= 4 is 27.7 Å². The number of carbonyl (C=O) groups excluding carboxylic acids is 1. The number of benzene rings is 2. The molecule has 2 bridgehead atoms. The van der Waals surface area contributed by atoms with Crippen LogP contribution in [0.2, 0.25) is 0 Å². The molecule has 21 heavy (non-hydrogen) atoms. The monoisotopic (exact) mass is 277 g/mol. The Morgan fingerprint density at radius 2 is 1.81 bits per heavy atom. The molecule has 4 nitrogen and oxygen atoms in total. The van der Waals surface area contributed by atoms with Gasteiger partial charge in [0, 0.05) is 30.4 Å². The Morgan fingerprint density at radius 1 is 0.952 bits per heavy atom. The minimum atomic E-state index is -0.0283. The standard InChI is InChI=1S/C17H15N3O/c21-17-16-12-3-1-2-4-14(12)20-15-6-5-11(9-13(15)16)10-18-7-8-19-17/h1-6,9,18H,7-8,10H2,(H,19,21). The molecule has 4 rings (SSSR count). The molecule has 2 heterocycles. The number of nitrogens with zero attached hydrogens (tertiary/aromatic N) is 1. The summed E-state index contributed by atoms with van der Waals surface area (Å²) in [6.07, 6.45) is 0. The number of aromatic nitrogens is 1. The summed E-state index contributed by atoms with van der Waals surface area (Å²) < 4.78 is 0. The number of hydrogen-bond acceptors (Lipinski definition) is 3. The number of carbonyl (C=O) groups is 1. The van der Waals surface area contributed by atoms with E-state index in [1.165, 1.54) is 5.56 Å². The Morgan fingerprint density at radius 3 is 2.76 bits per heavy atom. The van der Waals surface area contributed by atoms with Crippen LogP contribution >= 0.6 is 0 Å². The maximum absolute atomic E-state index is 12.6. The normalized spacial score (nSPS) is 15.3. The van der Waals surface area contributed by atoms with E-state index < -0.39 is 0 Å². The highest BCUT2D eigenvalue weighted by atomic mass is 16.1. The Balaban J connectivity index is 2.13. The quantitative estimate of drug-likeness (QED) is 0.620. The van der Waals surface area contributed by atoms with Gasteiger partial charge in [0.1, 0.15) is 0 Å². The van der Waals surface area contributed by atoms with Crippen molar-refractivity contribution in [1.82, 2.24) is 15.6 Å². The van der Waals surface area contributed by atoms with Crippen LogP contribution in [0.25, 0.3) is 21.8 Å². The van der Waals surface area contributed by atoms with E-state index in [0.29, 0.717) is 6.54 Å². The zero-order valence-electron chi connectivity index (χ0n) is 11.5. The van der Waals surface area contributed by atoms with Gasteiger partial charge in [-0.25, -0.2) is 4.98 Å². The van der Waals surface area contributed by atoms with E-state index in [1.54, 1.807) is 0 Å². The van der Waals surface area contributed by atoms with Gasteiger partial charge in [-0.15, -0.1) is 0 Å². The van der Waals surface area contributed by atoms with Crippen LogP contribution in [0.15, 0.2) is 42.5 Å². The molecule has 0 fully saturated rings. The maximum Gasteiger partial charge on any atom is 0.252 e. The van der Waals surface area contributed by atoms with Crippen molar-refractivity contribution in [2.45, 2.75) is 6.54 Å². The summed E-state index contributed by atoms with van der Waals surface area (Å²) in [4.78, 5) is 17.3. The third-order valence-corrected chi connectivity index (χ3v) is 3.89. The van der Waals surface area contributed by atoms with Gasteiger partial charge in [0.05, 0.1) is 16.6 Å². The number of fused-ring (bicyclic) bond motifs is 3. The highest BCUT2D eigenvalue weighted by molar-refractivity contribution is 6.16. The average molecular weight is 277 g/mol. The molecule has 0 unspecified atom stereocenters. The predicted octanol–water partition coefficient (Wildman–Crippen LogP) is 2.22. The van der Waals surface area contributed by atoms with Crippen LogP contribution in [-0.4, -0.2) is 24.0 Å². The zero-order chi connectivity index (χ0) is 14.2. The van der Waals surface area contributed by atoms with E-state index >= 15 is 0 Å². The zero-order valence-corrected chi connectivity index (χ0v) is 11.5. The van der Waals surface area contributed by atoms with Crippen LogP contribution in [0, 0.1) is 0 Å².